The molecule has 0 bridgehead atoms. The van der Waals surface area contributed by atoms with Crippen molar-refractivity contribution in [1.29, 1.82) is 0 Å². The molecule has 2 N–H and O–H groups in total. The minimum atomic E-state index is -2.84. The van der Waals surface area contributed by atoms with Crippen LogP contribution in [0.2, 0.25) is 0 Å². The van der Waals surface area contributed by atoms with Gasteiger partial charge in [-0.15, -0.1) is 0 Å². The van der Waals surface area contributed by atoms with Crippen LogP contribution in [-0.2, 0) is 6.54 Å². The average molecular weight is 346 g/mol. The first kappa shape index (κ1) is 17.2. The highest BCUT2D eigenvalue weighted by molar-refractivity contribution is 5.74. The van der Waals surface area contributed by atoms with Gasteiger partial charge in [-0.25, -0.2) is 4.79 Å². The number of benzene rings is 2. The van der Waals surface area contributed by atoms with Gasteiger partial charge < -0.3 is 15.4 Å². The number of carbonyl (C=O) groups is 1. The van der Waals surface area contributed by atoms with Crippen LogP contribution in [0.3, 0.4) is 0 Å². The molecule has 0 spiro atoms. The van der Waals surface area contributed by atoms with Gasteiger partial charge in [0.25, 0.3) is 0 Å². The van der Waals surface area contributed by atoms with Gasteiger partial charge in [0.2, 0.25) is 0 Å². The number of urea groups is 1. The van der Waals surface area contributed by atoms with Crippen molar-refractivity contribution < 1.29 is 18.3 Å². The minimum Gasteiger partial charge on any atom is -0.435 e. The molecule has 0 saturated heterocycles. The van der Waals surface area contributed by atoms with Crippen molar-refractivity contribution in [3.63, 3.8) is 0 Å². The number of carbonyl (C=O) groups excluding carboxylic acids is 1. The highest BCUT2D eigenvalue weighted by atomic mass is 19.3. The fourth-order valence-corrected chi connectivity index (χ4v) is 2.73. The Morgan fingerprint density at radius 3 is 2.36 bits per heavy atom. The molecule has 25 heavy (non-hydrogen) atoms. The number of hydrogen-bond acceptors (Lipinski definition) is 2. The van der Waals surface area contributed by atoms with E-state index < -0.39 is 6.61 Å². The second kappa shape index (κ2) is 7.96. The van der Waals surface area contributed by atoms with Gasteiger partial charge in [0.1, 0.15) is 5.75 Å². The van der Waals surface area contributed by atoms with Crippen molar-refractivity contribution in [1.82, 2.24) is 10.6 Å². The maximum atomic E-state index is 12.2. The van der Waals surface area contributed by atoms with E-state index in [9.17, 15) is 13.6 Å². The quantitative estimate of drug-likeness (QED) is 0.788. The predicted molar refractivity (Wildman–Crippen MR) is 90.4 cm³/mol. The molecule has 2 amide bonds. The van der Waals surface area contributed by atoms with Crippen LogP contribution in [0.1, 0.15) is 30.0 Å². The Balaban J connectivity index is 1.52. The first-order valence-electron chi connectivity index (χ1n) is 8.25. The number of rotatable bonds is 7. The van der Waals surface area contributed by atoms with E-state index in [1.54, 1.807) is 12.1 Å². The van der Waals surface area contributed by atoms with E-state index in [-0.39, 0.29) is 17.8 Å². The second-order valence-corrected chi connectivity index (χ2v) is 6.08. The zero-order valence-corrected chi connectivity index (χ0v) is 13.6. The van der Waals surface area contributed by atoms with Gasteiger partial charge in [0.15, 0.2) is 0 Å². The highest BCUT2D eigenvalue weighted by Crippen LogP contribution is 2.40. The molecule has 4 nitrogen and oxygen atoms in total. The zero-order chi connectivity index (χ0) is 17.6. The van der Waals surface area contributed by atoms with E-state index in [4.69, 9.17) is 0 Å². The van der Waals surface area contributed by atoms with Gasteiger partial charge in [0, 0.05) is 6.54 Å². The molecule has 1 atom stereocenters. The maximum Gasteiger partial charge on any atom is 0.387 e. The number of nitrogens with one attached hydrogen (secondary N) is 2. The van der Waals surface area contributed by atoms with Gasteiger partial charge in [-0.3, -0.25) is 0 Å². The zero-order valence-electron chi connectivity index (χ0n) is 13.6. The lowest BCUT2D eigenvalue weighted by atomic mass is 10.0. The third kappa shape index (κ3) is 5.17. The Hall–Kier alpha value is -2.63. The Kier molecular flexibility index (Phi) is 5.48. The van der Waals surface area contributed by atoms with Crippen LogP contribution in [-0.4, -0.2) is 12.6 Å². The second-order valence-electron chi connectivity index (χ2n) is 6.08. The standard InChI is InChI=1S/C19H20F2N2O2/c20-18(21)25-16-10-6-13(7-11-16)12-22-19(24)23-17(15-8-9-15)14-4-2-1-3-5-14/h1-7,10-11,15,17-18H,8-9,12H2,(H2,22,23,24). The lowest BCUT2D eigenvalue weighted by molar-refractivity contribution is -0.0498. The van der Waals surface area contributed by atoms with Crippen LogP contribution < -0.4 is 15.4 Å². The van der Waals surface area contributed by atoms with Crippen molar-refractivity contribution in [3.8, 4) is 5.75 Å². The van der Waals surface area contributed by atoms with Gasteiger partial charge in [0.05, 0.1) is 6.04 Å². The third-order valence-corrected chi connectivity index (χ3v) is 4.14. The van der Waals surface area contributed by atoms with E-state index >= 15 is 0 Å². The Morgan fingerprint density at radius 1 is 1.08 bits per heavy atom. The Labute approximate surface area is 145 Å². The molecule has 0 heterocycles. The lowest BCUT2D eigenvalue weighted by Gasteiger charge is -2.19. The Bertz CT molecular complexity index is 688. The van der Waals surface area contributed by atoms with E-state index in [2.05, 4.69) is 15.4 Å². The molecule has 0 aromatic heterocycles. The SMILES string of the molecule is O=C(NCc1ccc(OC(F)F)cc1)NC(c1ccccc1)C1CC1. The number of ether oxygens (including phenoxy) is 1. The van der Waals surface area contributed by atoms with E-state index in [0.717, 1.165) is 24.0 Å². The number of hydrogen-bond donors (Lipinski definition) is 2. The average Bonchev–Trinajstić information content (AvgIpc) is 3.44. The molecule has 0 aliphatic heterocycles. The Morgan fingerprint density at radius 2 is 1.76 bits per heavy atom. The summed E-state index contributed by atoms with van der Waals surface area (Å²) in [5, 5.41) is 5.83. The van der Waals surface area contributed by atoms with Crippen LogP contribution >= 0.6 is 0 Å². The molecule has 1 aliphatic carbocycles. The fourth-order valence-electron chi connectivity index (χ4n) is 2.73. The molecule has 2 aromatic rings. The van der Waals surface area contributed by atoms with Crippen molar-refractivity contribution >= 4 is 6.03 Å². The summed E-state index contributed by atoms with van der Waals surface area (Å²) in [6, 6.07) is 15.9. The van der Waals surface area contributed by atoms with Gasteiger partial charge >= 0.3 is 12.6 Å². The van der Waals surface area contributed by atoms with Gasteiger partial charge in [-0.05, 0) is 42.0 Å². The summed E-state index contributed by atoms with van der Waals surface area (Å²) in [6.07, 6.45) is 2.23. The molecule has 2 aromatic carbocycles. The monoisotopic (exact) mass is 346 g/mol. The van der Waals surface area contributed by atoms with Gasteiger partial charge in [-0.2, -0.15) is 8.78 Å². The number of halogens is 2. The normalized spacial score (nSPS) is 14.8. The largest absolute Gasteiger partial charge is 0.435 e. The maximum absolute atomic E-state index is 12.2. The van der Waals surface area contributed by atoms with E-state index in [0.29, 0.717) is 12.5 Å². The van der Waals surface area contributed by atoms with Crippen LogP contribution in [0, 0.1) is 5.92 Å². The molecule has 132 valence electrons. The predicted octanol–water partition coefficient (Wildman–Crippen LogP) is 4.24. The summed E-state index contributed by atoms with van der Waals surface area (Å²) in [6.45, 7) is -2.53. The highest BCUT2D eigenvalue weighted by Gasteiger charge is 2.33. The smallest absolute Gasteiger partial charge is 0.387 e. The van der Waals surface area contributed by atoms with E-state index in [1.807, 2.05) is 30.3 Å². The summed E-state index contributed by atoms with van der Waals surface area (Å²) in [7, 11) is 0. The summed E-state index contributed by atoms with van der Waals surface area (Å²) in [4.78, 5) is 12.2. The number of amides is 2. The molecular formula is C19H20F2N2O2. The van der Waals surface area contributed by atoms with Crippen LogP contribution in [0.15, 0.2) is 54.6 Å². The van der Waals surface area contributed by atoms with Gasteiger partial charge in [-0.1, -0.05) is 42.5 Å². The first-order valence-corrected chi connectivity index (χ1v) is 8.25. The first-order chi connectivity index (χ1) is 12.1. The summed E-state index contributed by atoms with van der Waals surface area (Å²) >= 11 is 0. The fraction of sp³-hybridized carbons (Fsp3) is 0.316. The summed E-state index contributed by atoms with van der Waals surface area (Å²) in [5.74, 6) is 0.583. The molecule has 1 unspecified atom stereocenters. The minimum absolute atomic E-state index is 0.0167. The van der Waals surface area contributed by atoms with Crippen LogP contribution in [0.5, 0.6) is 5.75 Å². The molecule has 6 heteroatoms. The van der Waals surface area contributed by atoms with Crippen molar-refractivity contribution in [2.45, 2.75) is 32.0 Å². The van der Waals surface area contributed by atoms with Crippen LogP contribution in [0.4, 0.5) is 13.6 Å². The molecule has 1 saturated carbocycles. The third-order valence-electron chi connectivity index (χ3n) is 4.14. The van der Waals surface area contributed by atoms with E-state index in [1.165, 1.54) is 12.1 Å². The molecule has 1 fully saturated rings. The summed E-state index contributed by atoms with van der Waals surface area (Å²) in [5.41, 5.74) is 1.91. The topological polar surface area (TPSA) is 50.4 Å². The molecule has 0 radical (unpaired) electrons. The van der Waals surface area contributed by atoms with Crippen molar-refractivity contribution in [2.75, 3.05) is 0 Å². The van der Waals surface area contributed by atoms with Crippen molar-refractivity contribution in [2.24, 2.45) is 5.92 Å². The summed E-state index contributed by atoms with van der Waals surface area (Å²) < 4.78 is 28.5. The molecule has 3 rings (SSSR count). The lowest BCUT2D eigenvalue weighted by Crippen LogP contribution is -2.38. The molecule has 1 aliphatic rings. The van der Waals surface area contributed by atoms with Crippen molar-refractivity contribution in [3.05, 3.63) is 65.7 Å². The number of alkyl halides is 2. The molecular weight excluding hydrogens is 326 g/mol. The van der Waals surface area contributed by atoms with Crippen LogP contribution in [0.25, 0.3) is 0 Å².